The highest BCUT2D eigenvalue weighted by Crippen LogP contribution is 2.20. The Balaban J connectivity index is 2.29. The second-order valence-corrected chi connectivity index (χ2v) is 6.24. The Morgan fingerprint density at radius 3 is 2.71 bits per heavy atom. The van der Waals surface area contributed by atoms with Crippen LogP contribution in [0.5, 0.6) is 0 Å². The Morgan fingerprint density at radius 2 is 2.05 bits per heavy atom. The van der Waals surface area contributed by atoms with Gasteiger partial charge in [0.2, 0.25) is 0 Å². The van der Waals surface area contributed by atoms with Crippen molar-refractivity contribution in [2.24, 2.45) is 5.73 Å². The van der Waals surface area contributed by atoms with Crippen molar-refractivity contribution in [3.63, 3.8) is 0 Å². The van der Waals surface area contributed by atoms with Crippen LogP contribution in [0.2, 0.25) is 0 Å². The maximum atomic E-state index is 5.64. The summed E-state index contributed by atoms with van der Waals surface area (Å²) in [6, 6.07) is 10.9. The van der Waals surface area contributed by atoms with Crippen LogP contribution in [0.1, 0.15) is 31.5 Å². The van der Waals surface area contributed by atoms with E-state index in [-0.39, 0.29) is 0 Å². The molecule has 1 aromatic carbocycles. The summed E-state index contributed by atoms with van der Waals surface area (Å²) >= 11 is 5.00. The minimum atomic E-state index is 0.451. The van der Waals surface area contributed by atoms with Crippen molar-refractivity contribution in [3.05, 3.63) is 41.6 Å². The van der Waals surface area contributed by atoms with E-state index >= 15 is 0 Å². The number of nitrogens with two attached hydrogens (primary N) is 1. The van der Waals surface area contributed by atoms with Crippen LogP contribution in [0.25, 0.3) is 10.9 Å². The summed E-state index contributed by atoms with van der Waals surface area (Å²) in [6.07, 6.45) is 0.759. The molecular formula is C17H23N3S. The molecule has 0 spiro atoms. The summed E-state index contributed by atoms with van der Waals surface area (Å²) in [5.74, 6) is 0. The van der Waals surface area contributed by atoms with Crippen LogP contribution in [0.15, 0.2) is 30.3 Å². The van der Waals surface area contributed by atoms with Gasteiger partial charge in [-0.05, 0) is 38.5 Å². The largest absolute Gasteiger partial charge is 0.393 e. The lowest BCUT2D eigenvalue weighted by Gasteiger charge is -2.27. The molecule has 3 nitrogen and oxygen atoms in total. The SMILES string of the molecule is Cc1cc(CN(CCC(N)=S)C(C)C)c2ccccc2n1. The van der Waals surface area contributed by atoms with Crippen molar-refractivity contribution in [2.75, 3.05) is 6.54 Å². The van der Waals surface area contributed by atoms with E-state index in [2.05, 4.69) is 48.0 Å². The number of rotatable bonds is 6. The Morgan fingerprint density at radius 1 is 1.33 bits per heavy atom. The minimum absolute atomic E-state index is 0.451. The van der Waals surface area contributed by atoms with Crippen LogP contribution in [0.3, 0.4) is 0 Å². The molecule has 112 valence electrons. The number of para-hydroxylation sites is 1. The number of fused-ring (bicyclic) bond motifs is 1. The van der Waals surface area contributed by atoms with E-state index < -0.39 is 0 Å². The number of hydrogen-bond donors (Lipinski definition) is 1. The zero-order valence-corrected chi connectivity index (χ0v) is 13.8. The zero-order chi connectivity index (χ0) is 15.4. The molecule has 0 fully saturated rings. The summed E-state index contributed by atoms with van der Waals surface area (Å²) in [5.41, 5.74) is 9.08. The van der Waals surface area contributed by atoms with E-state index in [1.165, 1.54) is 10.9 Å². The van der Waals surface area contributed by atoms with Gasteiger partial charge in [-0.25, -0.2) is 0 Å². The molecule has 0 bridgehead atoms. The van der Waals surface area contributed by atoms with Gasteiger partial charge in [-0.15, -0.1) is 0 Å². The molecule has 2 N–H and O–H groups in total. The van der Waals surface area contributed by atoms with Gasteiger partial charge in [0, 0.05) is 36.6 Å². The smallest absolute Gasteiger partial charge is 0.0740 e. The molecule has 4 heteroatoms. The molecule has 0 aliphatic rings. The number of nitrogens with zero attached hydrogens (tertiary/aromatic N) is 2. The van der Waals surface area contributed by atoms with Gasteiger partial charge in [0.15, 0.2) is 0 Å². The quantitative estimate of drug-likeness (QED) is 0.830. The van der Waals surface area contributed by atoms with Crippen LogP contribution in [-0.4, -0.2) is 27.5 Å². The Hall–Kier alpha value is -1.52. The standard InChI is InChI=1S/C17H23N3S/c1-12(2)20(9-8-17(18)21)11-14-10-13(3)19-16-7-5-4-6-15(14)16/h4-7,10,12H,8-9,11H2,1-3H3,(H2,18,21). The highest BCUT2D eigenvalue weighted by atomic mass is 32.1. The van der Waals surface area contributed by atoms with Gasteiger partial charge in [-0.2, -0.15) is 0 Å². The first-order chi connectivity index (χ1) is 9.97. The van der Waals surface area contributed by atoms with E-state index in [1.54, 1.807) is 0 Å². The average Bonchev–Trinajstić information content (AvgIpc) is 2.42. The van der Waals surface area contributed by atoms with Gasteiger partial charge in [0.05, 0.1) is 10.5 Å². The molecule has 0 atom stereocenters. The van der Waals surface area contributed by atoms with Crippen molar-refractivity contribution in [1.82, 2.24) is 9.88 Å². The minimum Gasteiger partial charge on any atom is -0.393 e. The van der Waals surface area contributed by atoms with Crippen LogP contribution < -0.4 is 5.73 Å². The Labute approximate surface area is 132 Å². The summed E-state index contributed by atoms with van der Waals surface area (Å²) in [6.45, 7) is 8.24. The fourth-order valence-corrected chi connectivity index (χ4v) is 2.61. The molecule has 0 saturated carbocycles. The van der Waals surface area contributed by atoms with E-state index in [0.29, 0.717) is 11.0 Å². The molecule has 0 aliphatic carbocycles. The molecule has 0 unspecified atom stereocenters. The van der Waals surface area contributed by atoms with Crippen LogP contribution in [-0.2, 0) is 6.54 Å². The first-order valence-electron chi connectivity index (χ1n) is 7.35. The fourth-order valence-electron chi connectivity index (χ4n) is 2.52. The summed E-state index contributed by atoms with van der Waals surface area (Å²) < 4.78 is 0. The van der Waals surface area contributed by atoms with Crippen molar-refractivity contribution in [1.29, 1.82) is 0 Å². The van der Waals surface area contributed by atoms with Crippen molar-refractivity contribution in [3.8, 4) is 0 Å². The van der Waals surface area contributed by atoms with E-state index in [4.69, 9.17) is 18.0 Å². The Bertz CT molecular complexity index is 637. The molecule has 0 aliphatic heterocycles. The highest BCUT2D eigenvalue weighted by molar-refractivity contribution is 7.80. The van der Waals surface area contributed by atoms with Gasteiger partial charge in [-0.3, -0.25) is 9.88 Å². The lowest BCUT2D eigenvalue weighted by molar-refractivity contribution is 0.220. The van der Waals surface area contributed by atoms with Crippen molar-refractivity contribution in [2.45, 2.75) is 39.8 Å². The molecule has 21 heavy (non-hydrogen) atoms. The molecule has 1 aromatic heterocycles. The molecular weight excluding hydrogens is 278 g/mol. The van der Waals surface area contributed by atoms with Crippen LogP contribution in [0, 0.1) is 6.92 Å². The lowest BCUT2D eigenvalue weighted by Crippen LogP contribution is -2.33. The monoisotopic (exact) mass is 301 g/mol. The maximum Gasteiger partial charge on any atom is 0.0740 e. The molecule has 0 radical (unpaired) electrons. The first-order valence-corrected chi connectivity index (χ1v) is 7.76. The van der Waals surface area contributed by atoms with Crippen molar-refractivity contribution >= 4 is 28.1 Å². The molecule has 0 saturated heterocycles. The maximum absolute atomic E-state index is 5.64. The summed E-state index contributed by atoms with van der Waals surface area (Å²) in [7, 11) is 0. The van der Waals surface area contributed by atoms with Gasteiger partial charge in [0.25, 0.3) is 0 Å². The second kappa shape index (κ2) is 6.96. The number of hydrogen-bond acceptors (Lipinski definition) is 3. The summed E-state index contributed by atoms with van der Waals surface area (Å²) in [4.78, 5) is 7.59. The van der Waals surface area contributed by atoms with E-state index in [0.717, 1.165) is 30.7 Å². The highest BCUT2D eigenvalue weighted by Gasteiger charge is 2.13. The summed E-state index contributed by atoms with van der Waals surface area (Å²) in [5, 5.41) is 1.23. The number of pyridine rings is 1. The number of thiocarbonyl (C=S) groups is 1. The van der Waals surface area contributed by atoms with Crippen molar-refractivity contribution < 1.29 is 0 Å². The van der Waals surface area contributed by atoms with Gasteiger partial charge in [0.1, 0.15) is 0 Å². The molecule has 2 rings (SSSR count). The third-order valence-electron chi connectivity index (χ3n) is 3.68. The van der Waals surface area contributed by atoms with Gasteiger partial charge >= 0.3 is 0 Å². The Kier molecular flexibility index (Phi) is 5.26. The average molecular weight is 301 g/mol. The van der Waals surface area contributed by atoms with Crippen LogP contribution >= 0.6 is 12.2 Å². The third-order valence-corrected chi connectivity index (χ3v) is 3.88. The normalized spacial score (nSPS) is 11.5. The predicted molar refractivity (Wildman–Crippen MR) is 93.4 cm³/mol. The van der Waals surface area contributed by atoms with E-state index in [1.807, 2.05) is 13.0 Å². The predicted octanol–water partition coefficient (Wildman–Crippen LogP) is 3.43. The lowest BCUT2D eigenvalue weighted by atomic mass is 10.1. The number of benzene rings is 1. The topological polar surface area (TPSA) is 42.1 Å². The molecule has 0 amide bonds. The van der Waals surface area contributed by atoms with Crippen LogP contribution in [0.4, 0.5) is 0 Å². The van der Waals surface area contributed by atoms with Gasteiger partial charge in [-0.1, -0.05) is 30.4 Å². The third kappa shape index (κ3) is 4.22. The first kappa shape index (κ1) is 15.9. The van der Waals surface area contributed by atoms with E-state index in [9.17, 15) is 0 Å². The fraction of sp³-hybridized carbons (Fsp3) is 0.412. The number of aryl methyl sites for hydroxylation is 1. The molecule has 2 aromatic rings. The number of aromatic nitrogens is 1. The van der Waals surface area contributed by atoms with Gasteiger partial charge < -0.3 is 5.73 Å². The zero-order valence-electron chi connectivity index (χ0n) is 13.0. The molecule has 1 heterocycles. The second-order valence-electron chi connectivity index (χ2n) is 5.72.